The third-order valence-corrected chi connectivity index (χ3v) is 2.60. The number of aryl methyl sites for hydroxylation is 1. The van der Waals surface area contributed by atoms with E-state index in [1.54, 1.807) is 6.92 Å². The summed E-state index contributed by atoms with van der Waals surface area (Å²) in [6, 6.07) is 11.3. The van der Waals surface area contributed by atoms with Crippen LogP contribution in [-0.2, 0) is 18.0 Å². The van der Waals surface area contributed by atoms with Crippen LogP contribution in [0, 0.1) is 6.92 Å². The Hall–Kier alpha value is -2.07. The van der Waals surface area contributed by atoms with Crippen molar-refractivity contribution >= 4 is 5.97 Å². The van der Waals surface area contributed by atoms with Crippen molar-refractivity contribution in [3.8, 4) is 0 Å². The Labute approximate surface area is 105 Å². The zero-order chi connectivity index (χ0) is 13.0. The van der Waals surface area contributed by atoms with Gasteiger partial charge in [0.2, 0.25) is 5.76 Å². The average Bonchev–Trinajstić information content (AvgIpc) is 2.73. The zero-order valence-electron chi connectivity index (χ0n) is 10.1. The molecule has 0 aliphatic heterocycles. The first-order valence-corrected chi connectivity index (χ1v) is 5.61. The van der Waals surface area contributed by atoms with Crippen LogP contribution in [0.15, 0.2) is 40.8 Å². The van der Waals surface area contributed by atoms with Crippen LogP contribution < -0.4 is 0 Å². The number of carboxylic acid groups (broad SMARTS) is 1. The highest BCUT2D eigenvalue weighted by molar-refractivity contribution is 5.84. The largest absolute Gasteiger partial charge is 0.475 e. The number of rotatable bonds is 5. The number of benzene rings is 1. The van der Waals surface area contributed by atoms with Crippen LogP contribution >= 0.6 is 0 Å². The standard InChI is InChI=1S/C14H14O4/c1-10-12(7-13(18-10)14(15)16)9-17-8-11-5-3-2-4-6-11/h2-7H,8-9H2,1H3,(H,15,16). The molecule has 0 atom stereocenters. The van der Waals surface area contributed by atoms with E-state index in [9.17, 15) is 4.79 Å². The van der Waals surface area contributed by atoms with Crippen LogP contribution in [0.1, 0.15) is 27.4 Å². The molecule has 0 amide bonds. The van der Waals surface area contributed by atoms with Gasteiger partial charge < -0.3 is 14.3 Å². The Bertz CT molecular complexity index is 528. The molecule has 0 spiro atoms. The second kappa shape index (κ2) is 5.51. The predicted octanol–water partition coefficient (Wildman–Crippen LogP) is 3.00. The predicted molar refractivity (Wildman–Crippen MR) is 65.3 cm³/mol. The molecule has 1 N–H and O–H groups in total. The normalized spacial score (nSPS) is 10.5. The van der Waals surface area contributed by atoms with Gasteiger partial charge in [0.05, 0.1) is 13.2 Å². The second-order valence-corrected chi connectivity index (χ2v) is 3.98. The lowest BCUT2D eigenvalue weighted by atomic mass is 10.2. The second-order valence-electron chi connectivity index (χ2n) is 3.98. The maximum Gasteiger partial charge on any atom is 0.371 e. The third kappa shape index (κ3) is 2.99. The van der Waals surface area contributed by atoms with E-state index in [-0.39, 0.29) is 5.76 Å². The number of carboxylic acids is 1. The summed E-state index contributed by atoms with van der Waals surface area (Å²) in [6.45, 7) is 2.57. The molecular weight excluding hydrogens is 232 g/mol. The van der Waals surface area contributed by atoms with Crippen LogP contribution in [-0.4, -0.2) is 11.1 Å². The number of ether oxygens (including phenoxy) is 1. The fraction of sp³-hybridized carbons (Fsp3) is 0.214. The lowest BCUT2D eigenvalue weighted by Gasteiger charge is -2.03. The molecule has 1 aromatic carbocycles. The molecule has 0 fully saturated rings. The first kappa shape index (κ1) is 12.4. The minimum Gasteiger partial charge on any atom is -0.475 e. The molecule has 0 aliphatic carbocycles. The maximum atomic E-state index is 10.7. The van der Waals surface area contributed by atoms with E-state index >= 15 is 0 Å². The summed E-state index contributed by atoms with van der Waals surface area (Å²) in [5.74, 6) is -0.529. The van der Waals surface area contributed by atoms with Gasteiger partial charge in [-0.05, 0) is 18.6 Å². The molecule has 0 aliphatic rings. The third-order valence-electron chi connectivity index (χ3n) is 2.60. The topological polar surface area (TPSA) is 59.7 Å². The van der Waals surface area contributed by atoms with Gasteiger partial charge in [-0.1, -0.05) is 30.3 Å². The van der Waals surface area contributed by atoms with Gasteiger partial charge in [-0.3, -0.25) is 0 Å². The molecule has 0 radical (unpaired) electrons. The van der Waals surface area contributed by atoms with Gasteiger partial charge in [0.25, 0.3) is 0 Å². The molecule has 4 nitrogen and oxygen atoms in total. The summed E-state index contributed by atoms with van der Waals surface area (Å²) in [6.07, 6.45) is 0. The van der Waals surface area contributed by atoms with Gasteiger partial charge in [0.1, 0.15) is 5.76 Å². The fourth-order valence-electron chi connectivity index (χ4n) is 1.62. The molecule has 4 heteroatoms. The fourth-order valence-corrected chi connectivity index (χ4v) is 1.62. The SMILES string of the molecule is Cc1oc(C(=O)O)cc1COCc1ccccc1. The molecule has 0 saturated carbocycles. The number of carbonyl (C=O) groups is 1. The van der Waals surface area contributed by atoms with E-state index in [2.05, 4.69) is 0 Å². The quantitative estimate of drug-likeness (QED) is 0.881. The Morgan fingerprint density at radius 1 is 1.28 bits per heavy atom. The van der Waals surface area contributed by atoms with Crippen LogP contribution in [0.3, 0.4) is 0 Å². The first-order valence-electron chi connectivity index (χ1n) is 5.61. The van der Waals surface area contributed by atoms with Crippen LogP contribution in [0.4, 0.5) is 0 Å². The molecule has 1 aromatic heterocycles. The summed E-state index contributed by atoms with van der Waals surface area (Å²) in [4.78, 5) is 10.7. The van der Waals surface area contributed by atoms with Crippen molar-refractivity contribution in [2.45, 2.75) is 20.1 Å². The van der Waals surface area contributed by atoms with E-state index < -0.39 is 5.97 Å². The highest BCUT2D eigenvalue weighted by Gasteiger charge is 2.12. The van der Waals surface area contributed by atoms with Gasteiger partial charge >= 0.3 is 5.97 Å². The van der Waals surface area contributed by atoms with Gasteiger partial charge in [-0.2, -0.15) is 0 Å². The Morgan fingerprint density at radius 3 is 2.61 bits per heavy atom. The molecular formula is C14H14O4. The van der Waals surface area contributed by atoms with Gasteiger partial charge in [-0.15, -0.1) is 0 Å². The lowest BCUT2D eigenvalue weighted by Crippen LogP contribution is -1.94. The van der Waals surface area contributed by atoms with Crippen LogP contribution in [0.2, 0.25) is 0 Å². The first-order chi connectivity index (χ1) is 8.66. The van der Waals surface area contributed by atoms with Gasteiger partial charge in [-0.25, -0.2) is 4.79 Å². The minimum absolute atomic E-state index is 0.0502. The zero-order valence-corrected chi connectivity index (χ0v) is 10.1. The van der Waals surface area contributed by atoms with Crippen molar-refractivity contribution in [3.63, 3.8) is 0 Å². The number of furan rings is 1. The molecule has 2 aromatic rings. The van der Waals surface area contributed by atoms with Crippen molar-refractivity contribution in [2.75, 3.05) is 0 Å². The highest BCUT2D eigenvalue weighted by Crippen LogP contribution is 2.16. The van der Waals surface area contributed by atoms with E-state index in [0.717, 1.165) is 11.1 Å². The van der Waals surface area contributed by atoms with Crippen molar-refractivity contribution in [3.05, 3.63) is 59.0 Å². The molecule has 0 bridgehead atoms. The molecule has 18 heavy (non-hydrogen) atoms. The monoisotopic (exact) mass is 246 g/mol. The average molecular weight is 246 g/mol. The summed E-state index contributed by atoms with van der Waals surface area (Å²) in [5, 5.41) is 8.79. The van der Waals surface area contributed by atoms with E-state index in [1.165, 1.54) is 6.07 Å². The molecule has 2 rings (SSSR count). The smallest absolute Gasteiger partial charge is 0.371 e. The molecule has 94 valence electrons. The van der Waals surface area contributed by atoms with Crippen molar-refractivity contribution in [2.24, 2.45) is 0 Å². The maximum absolute atomic E-state index is 10.7. The summed E-state index contributed by atoms with van der Waals surface area (Å²) >= 11 is 0. The van der Waals surface area contributed by atoms with Crippen LogP contribution in [0.25, 0.3) is 0 Å². The number of aromatic carboxylic acids is 1. The van der Waals surface area contributed by atoms with E-state index in [0.29, 0.717) is 19.0 Å². The Kier molecular flexibility index (Phi) is 3.79. The summed E-state index contributed by atoms with van der Waals surface area (Å²) in [5.41, 5.74) is 1.85. The number of hydrogen-bond donors (Lipinski definition) is 1. The summed E-state index contributed by atoms with van der Waals surface area (Å²) < 4.78 is 10.6. The van der Waals surface area contributed by atoms with Crippen molar-refractivity contribution in [1.29, 1.82) is 0 Å². The lowest BCUT2D eigenvalue weighted by molar-refractivity contribution is 0.0661. The molecule has 1 heterocycles. The highest BCUT2D eigenvalue weighted by atomic mass is 16.5. The summed E-state index contributed by atoms with van der Waals surface area (Å²) in [7, 11) is 0. The number of hydrogen-bond acceptors (Lipinski definition) is 3. The molecule has 0 unspecified atom stereocenters. The van der Waals surface area contributed by atoms with E-state index in [4.69, 9.17) is 14.3 Å². The Morgan fingerprint density at radius 2 is 2.00 bits per heavy atom. The van der Waals surface area contributed by atoms with E-state index in [1.807, 2.05) is 30.3 Å². The minimum atomic E-state index is -1.06. The van der Waals surface area contributed by atoms with Crippen LogP contribution in [0.5, 0.6) is 0 Å². The van der Waals surface area contributed by atoms with Gasteiger partial charge in [0.15, 0.2) is 0 Å². The van der Waals surface area contributed by atoms with Gasteiger partial charge in [0, 0.05) is 5.56 Å². The van der Waals surface area contributed by atoms with Crippen molar-refractivity contribution in [1.82, 2.24) is 0 Å². The Balaban J connectivity index is 1.92. The van der Waals surface area contributed by atoms with Crippen molar-refractivity contribution < 1.29 is 19.1 Å². The molecule has 0 saturated heterocycles.